The smallest absolute Gasteiger partial charge is 0.253 e. The number of aliphatic hydroxyl groups excluding tert-OH is 1. The summed E-state index contributed by atoms with van der Waals surface area (Å²) in [5.74, 6) is 0.749. The number of amides is 1. The molecule has 0 aromatic heterocycles. The molecular formula is C23H29NO3. The summed E-state index contributed by atoms with van der Waals surface area (Å²) in [6, 6.07) is 14.6. The SMILES string of the molecule is CC(C)CC1(CO)CCCN(C(=O)c2ccc(-c3cccc(O)c3)cc2)C1. The quantitative estimate of drug-likeness (QED) is 0.827. The summed E-state index contributed by atoms with van der Waals surface area (Å²) in [6.07, 6.45) is 2.84. The average Bonchev–Trinajstić information content (AvgIpc) is 2.67. The van der Waals surface area contributed by atoms with Gasteiger partial charge in [0.05, 0.1) is 6.61 Å². The Morgan fingerprint density at radius 3 is 2.52 bits per heavy atom. The van der Waals surface area contributed by atoms with Crippen LogP contribution in [0.4, 0.5) is 0 Å². The topological polar surface area (TPSA) is 60.8 Å². The molecule has 2 aromatic rings. The van der Waals surface area contributed by atoms with E-state index >= 15 is 0 Å². The molecule has 3 rings (SSSR count). The summed E-state index contributed by atoms with van der Waals surface area (Å²) in [5, 5.41) is 19.6. The van der Waals surface area contributed by atoms with E-state index in [1.165, 1.54) is 0 Å². The van der Waals surface area contributed by atoms with Gasteiger partial charge in [-0.1, -0.05) is 38.1 Å². The molecule has 2 aromatic carbocycles. The first kappa shape index (κ1) is 19.4. The van der Waals surface area contributed by atoms with E-state index in [0.29, 0.717) is 18.0 Å². The molecule has 1 aliphatic heterocycles. The molecule has 1 saturated heterocycles. The van der Waals surface area contributed by atoms with Gasteiger partial charge in [-0.2, -0.15) is 0 Å². The monoisotopic (exact) mass is 367 g/mol. The average molecular weight is 367 g/mol. The third kappa shape index (κ3) is 4.51. The Balaban J connectivity index is 1.75. The highest BCUT2D eigenvalue weighted by Crippen LogP contribution is 2.36. The number of aromatic hydroxyl groups is 1. The van der Waals surface area contributed by atoms with E-state index in [9.17, 15) is 15.0 Å². The Morgan fingerprint density at radius 1 is 1.15 bits per heavy atom. The molecule has 4 heteroatoms. The molecule has 1 fully saturated rings. The predicted octanol–water partition coefficient (Wildman–Crippen LogP) is 4.32. The van der Waals surface area contributed by atoms with E-state index in [1.54, 1.807) is 18.2 Å². The molecular weight excluding hydrogens is 338 g/mol. The van der Waals surface area contributed by atoms with E-state index in [2.05, 4.69) is 13.8 Å². The fourth-order valence-corrected chi connectivity index (χ4v) is 4.28. The van der Waals surface area contributed by atoms with E-state index < -0.39 is 0 Å². The number of rotatable bonds is 5. The van der Waals surface area contributed by atoms with Crippen LogP contribution in [-0.2, 0) is 0 Å². The van der Waals surface area contributed by atoms with Gasteiger partial charge in [-0.25, -0.2) is 0 Å². The molecule has 1 heterocycles. The van der Waals surface area contributed by atoms with Gasteiger partial charge in [-0.05, 0) is 60.6 Å². The summed E-state index contributed by atoms with van der Waals surface area (Å²) >= 11 is 0. The number of hydrogen-bond donors (Lipinski definition) is 2. The minimum Gasteiger partial charge on any atom is -0.508 e. The molecule has 0 spiro atoms. The molecule has 0 saturated carbocycles. The molecule has 4 nitrogen and oxygen atoms in total. The van der Waals surface area contributed by atoms with Crippen LogP contribution in [0.25, 0.3) is 11.1 Å². The largest absolute Gasteiger partial charge is 0.508 e. The number of hydrogen-bond acceptors (Lipinski definition) is 3. The van der Waals surface area contributed by atoms with Crippen LogP contribution in [0.15, 0.2) is 48.5 Å². The second-order valence-corrected chi connectivity index (χ2v) is 8.21. The van der Waals surface area contributed by atoms with Crippen molar-refractivity contribution in [2.45, 2.75) is 33.1 Å². The lowest BCUT2D eigenvalue weighted by molar-refractivity contribution is 0.0160. The highest BCUT2D eigenvalue weighted by atomic mass is 16.3. The number of aliphatic hydroxyl groups is 1. The molecule has 0 radical (unpaired) electrons. The van der Waals surface area contributed by atoms with Gasteiger partial charge in [0, 0.05) is 24.1 Å². The summed E-state index contributed by atoms with van der Waals surface area (Å²) < 4.78 is 0. The maximum Gasteiger partial charge on any atom is 0.253 e. The number of piperidine rings is 1. The molecule has 0 bridgehead atoms. The Morgan fingerprint density at radius 2 is 1.89 bits per heavy atom. The van der Waals surface area contributed by atoms with Gasteiger partial charge in [0.2, 0.25) is 0 Å². The fraction of sp³-hybridized carbons (Fsp3) is 0.435. The van der Waals surface area contributed by atoms with Crippen molar-refractivity contribution in [1.29, 1.82) is 0 Å². The van der Waals surface area contributed by atoms with Crippen molar-refractivity contribution in [3.05, 3.63) is 54.1 Å². The molecule has 27 heavy (non-hydrogen) atoms. The Hall–Kier alpha value is -2.33. The predicted molar refractivity (Wildman–Crippen MR) is 108 cm³/mol. The number of phenols is 1. The first-order valence-corrected chi connectivity index (χ1v) is 9.72. The Bertz CT molecular complexity index is 784. The van der Waals surface area contributed by atoms with Crippen molar-refractivity contribution >= 4 is 5.91 Å². The van der Waals surface area contributed by atoms with Crippen molar-refractivity contribution in [1.82, 2.24) is 4.90 Å². The molecule has 1 aliphatic rings. The zero-order chi connectivity index (χ0) is 19.4. The lowest BCUT2D eigenvalue weighted by Crippen LogP contribution is -2.48. The first-order valence-electron chi connectivity index (χ1n) is 9.72. The zero-order valence-electron chi connectivity index (χ0n) is 16.2. The van der Waals surface area contributed by atoms with Gasteiger partial charge in [0.1, 0.15) is 5.75 Å². The van der Waals surface area contributed by atoms with Crippen molar-refractivity contribution in [3.63, 3.8) is 0 Å². The molecule has 144 valence electrons. The van der Waals surface area contributed by atoms with Crippen LogP contribution in [0, 0.1) is 11.3 Å². The van der Waals surface area contributed by atoms with Crippen LogP contribution in [0.1, 0.15) is 43.5 Å². The maximum absolute atomic E-state index is 13.0. The highest BCUT2D eigenvalue weighted by Gasteiger charge is 2.37. The van der Waals surface area contributed by atoms with Gasteiger partial charge in [0.15, 0.2) is 0 Å². The summed E-state index contributed by atoms with van der Waals surface area (Å²) in [6.45, 7) is 5.82. The Labute approximate surface area is 161 Å². The van der Waals surface area contributed by atoms with E-state index in [-0.39, 0.29) is 23.7 Å². The summed E-state index contributed by atoms with van der Waals surface area (Å²) in [5.41, 5.74) is 2.37. The van der Waals surface area contributed by atoms with Crippen molar-refractivity contribution in [3.8, 4) is 16.9 Å². The van der Waals surface area contributed by atoms with E-state index in [0.717, 1.165) is 36.9 Å². The number of nitrogens with zero attached hydrogens (tertiary/aromatic N) is 1. The molecule has 2 N–H and O–H groups in total. The van der Waals surface area contributed by atoms with Gasteiger partial charge in [0.25, 0.3) is 5.91 Å². The number of phenolic OH excluding ortho intramolecular Hbond substituents is 1. The lowest BCUT2D eigenvalue weighted by Gasteiger charge is -2.43. The second kappa shape index (κ2) is 8.13. The fourth-order valence-electron chi connectivity index (χ4n) is 4.28. The Kier molecular flexibility index (Phi) is 5.85. The van der Waals surface area contributed by atoms with Crippen LogP contribution in [0.5, 0.6) is 5.75 Å². The molecule has 1 atom stereocenters. The first-order chi connectivity index (χ1) is 12.9. The van der Waals surface area contributed by atoms with Crippen LogP contribution in [0.3, 0.4) is 0 Å². The standard InChI is InChI=1S/C23H29NO3/c1-17(2)14-23(16-25)11-4-12-24(15-23)22(27)19-9-7-18(8-10-19)20-5-3-6-21(26)13-20/h3,5-10,13,17,25-26H,4,11-12,14-16H2,1-2H3. The number of carbonyl (C=O) groups is 1. The van der Waals surface area contributed by atoms with Crippen molar-refractivity contribution in [2.75, 3.05) is 19.7 Å². The van der Waals surface area contributed by atoms with Gasteiger partial charge >= 0.3 is 0 Å². The highest BCUT2D eigenvalue weighted by molar-refractivity contribution is 5.94. The summed E-state index contributed by atoms with van der Waals surface area (Å²) in [4.78, 5) is 14.9. The molecule has 1 amide bonds. The van der Waals surface area contributed by atoms with Gasteiger partial charge in [-0.15, -0.1) is 0 Å². The van der Waals surface area contributed by atoms with E-state index in [1.807, 2.05) is 35.2 Å². The van der Waals surface area contributed by atoms with Gasteiger partial charge < -0.3 is 15.1 Å². The minimum absolute atomic E-state index is 0.0266. The third-order valence-electron chi connectivity index (χ3n) is 5.44. The summed E-state index contributed by atoms with van der Waals surface area (Å²) in [7, 11) is 0. The molecule has 0 aliphatic carbocycles. The number of benzene rings is 2. The van der Waals surface area contributed by atoms with Crippen molar-refractivity contribution < 1.29 is 15.0 Å². The third-order valence-corrected chi connectivity index (χ3v) is 5.44. The van der Waals surface area contributed by atoms with E-state index in [4.69, 9.17) is 0 Å². The second-order valence-electron chi connectivity index (χ2n) is 8.21. The maximum atomic E-state index is 13.0. The zero-order valence-corrected chi connectivity index (χ0v) is 16.2. The van der Waals surface area contributed by atoms with Crippen LogP contribution >= 0.6 is 0 Å². The number of carbonyl (C=O) groups excluding carboxylic acids is 1. The number of likely N-dealkylation sites (tertiary alicyclic amines) is 1. The van der Waals surface area contributed by atoms with Crippen LogP contribution in [0.2, 0.25) is 0 Å². The van der Waals surface area contributed by atoms with Gasteiger partial charge in [-0.3, -0.25) is 4.79 Å². The van der Waals surface area contributed by atoms with Crippen LogP contribution < -0.4 is 0 Å². The van der Waals surface area contributed by atoms with Crippen molar-refractivity contribution in [2.24, 2.45) is 11.3 Å². The lowest BCUT2D eigenvalue weighted by atomic mass is 9.74. The minimum atomic E-state index is -0.177. The normalized spacial score (nSPS) is 20.1. The van der Waals surface area contributed by atoms with Crippen LogP contribution in [-0.4, -0.2) is 40.7 Å². The molecule has 1 unspecified atom stereocenters.